The van der Waals surface area contributed by atoms with Crippen LogP contribution in [0.5, 0.6) is 5.75 Å². The van der Waals surface area contributed by atoms with Crippen molar-refractivity contribution < 1.29 is 37.5 Å². The average Bonchev–Trinajstić information content (AvgIpc) is 3.08. The Morgan fingerprint density at radius 1 is 0.833 bits per heavy atom. The van der Waals surface area contributed by atoms with Crippen molar-refractivity contribution in [1.29, 1.82) is 0 Å². The standard InChI is InChI=1S/C38H44O8S2/c1-3-5-7-8-11-20-45-26-27-22-29(24-30(23-27)38(40)41)37(39)34-13-10-9-12-33(34)28-14-19-35(36(25-28)48(42,43)44)47-32-17-15-31(16-18-32)46-21-6-4-2/h9-10,12-19,22-25,37,39H,3-8,11,20-21,26H2,1-2H3,(H,40,41)(H,42,43,44). The van der Waals surface area contributed by atoms with E-state index in [9.17, 15) is 28.0 Å². The highest BCUT2D eigenvalue weighted by Crippen LogP contribution is 2.39. The van der Waals surface area contributed by atoms with Gasteiger partial charge in [0.1, 0.15) is 16.7 Å². The van der Waals surface area contributed by atoms with Crippen molar-refractivity contribution in [1.82, 2.24) is 0 Å². The van der Waals surface area contributed by atoms with Crippen LogP contribution in [0, 0.1) is 0 Å². The van der Waals surface area contributed by atoms with Gasteiger partial charge in [0.2, 0.25) is 0 Å². The van der Waals surface area contributed by atoms with E-state index in [4.69, 9.17) is 9.47 Å². The lowest BCUT2D eigenvalue weighted by Crippen LogP contribution is -2.07. The van der Waals surface area contributed by atoms with Crippen molar-refractivity contribution in [2.24, 2.45) is 0 Å². The summed E-state index contributed by atoms with van der Waals surface area (Å²) in [7, 11) is -4.62. The average molecular weight is 693 g/mol. The normalized spacial score (nSPS) is 12.2. The van der Waals surface area contributed by atoms with Gasteiger partial charge in [0.25, 0.3) is 10.1 Å². The van der Waals surface area contributed by atoms with Gasteiger partial charge in [-0.15, -0.1) is 0 Å². The number of hydrogen-bond acceptors (Lipinski definition) is 7. The molecule has 4 aromatic rings. The maximum Gasteiger partial charge on any atom is 0.335 e. The Hall–Kier alpha value is -3.67. The maximum absolute atomic E-state index is 12.6. The van der Waals surface area contributed by atoms with E-state index in [2.05, 4.69) is 13.8 Å². The number of aliphatic hydroxyl groups excluding tert-OH is 1. The predicted octanol–water partition coefficient (Wildman–Crippen LogP) is 9.20. The second-order valence-electron chi connectivity index (χ2n) is 11.6. The number of carboxylic acids is 1. The molecule has 0 saturated heterocycles. The second kappa shape index (κ2) is 18.2. The van der Waals surface area contributed by atoms with Crippen molar-refractivity contribution in [3.8, 4) is 16.9 Å². The van der Waals surface area contributed by atoms with Gasteiger partial charge < -0.3 is 19.7 Å². The molecule has 1 unspecified atom stereocenters. The summed E-state index contributed by atoms with van der Waals surface area (Å²) in [6.45, 7) is 5.64. The molecule has 0 spiro atoms. The molecule has 0 aliphatic heterocycles. The molecule has 10 heteroatoms. The zero-order valence-corrected chi connectivity index (χ0v) is 29.1. The Balaban J connectivity index is 1.60. The summed E-state index contributed by atoms with van der Waals surface area (Å²) >= 11 is 1.20. The molecule has 0 aliphatic carbocycles. The van der Waals surface area contributed by atoms with Gasteiger partial charge >= 0.3 is 5.97 Å². The van der Waals surface area contributed by atoms with Crippen molar-refractivity contribution >= 4 is 27.8 Å². The molecule has 0 radical (unpaired) electrons. The molecule has 0 fully saturated rings. The van der Waals surface area contributed by atoms with E-state index in [0.29, 0.717) is 45.9 Å². The fraction of sp³-hybridized carbons (Fsp3) is 0.342. The van der Waals surface area contributed by atoms with Crippen LogP contribution < -0.4 is 4.74 Å². The highest BCUT2D eigenvalue weighted by Gasteiger charge is 2.22. The van der Waals surface area contributed by atoms with Crippen LogP contribution in [0.2, 0.25) is 0 Å². The van der Waals surface area contributed by atoms with Crippen LogP contribution in [0.25, 0.3) is 11.1 Å². The molecule has 0 amide bonds. The van der Waals surface area contributed by atoms with Crippen LogP contribution in [-0.4, -0.2) is 42.4 Å². The molecule has 3 N–H and O–H groups in total. The van der Waals surface area contributed by atoms with Crippen LogP contribution in [0.15, 0.2) is 99.6 Å². The Morgan fingerprint density at radius 2 is 1.56 bits per heavy atom. The molecule has 8 nitrogen and oxygen atoms in total. The van der Waals surface area contributed by atoms with Crippen LogP contribution in [0.3, 0.4) is 0 Å². The molecular formula is C38H44O8S2. The largest absolute Gasteiger partial charge is 0.494 e. The number of aromatic carboxylic acids is 1. The molecule has 0 aromatic heterocycles. The van der Waals surface area contributed by atoms with Gasteiger partial charge in [-0.05, 0) is 89.2 Å². The molecule has 4 rings (SSSR count). The number of hydrogen-bond donors (Lipinski definition) is 3. The first kappa shape index (κ1) is 37.2. The fourth-order valence-corrected chi connectivity index (χ4v) is 7.15. The monoisotopic (exact) mass is 692 g/mol. The minimum absolute atomic E-state index is 0.0289. The van der Waals surface area contributed by atoms with Crippen molar-refractivity contribution in [3.05, 3.63) is 107 Å². The lowest BCUT2D eigenvalue weighted by atomic mass is 9.91. The van der Waals surface area contributed by atoms with Crippen LogP contribution in [0.1, 0.15) is 91.9 Å². The van der Waals surface area contributed by atoms with Crippen LogP contribution in [-0.2, 0) is 21.5 Å². The van der Waals surface area contributed by atoms with Crippen molar-refractivity contribution in [3.63, 3.8) is 0 Å². The summed E-state index contributed by atoms with van der Waals surface area (Å²) in [5.41, 5.74) is 2.47. The number of carbonyl (C=O) groups is 1. The SMILES string of the molecule is CCCCCCCOCc1cc(C(=O)O)cc(C(O)c2ccccc2-c2ccc(Sc3ccc(OCCCC)cc3)c(S(=O)(=O)O)c2)c1. The number of aliphatic hydroxyl groups is 1. The molecule has 0 aliphatic rings. The summed E-state index contributed by atoms with van der Waals surface area (Å²) in [5, 5.41) is 21.4. The van der Waals surface area contributed by atoms with Gasteiger partial charge in [-0.3, -0.25) is 4.55 Å². The first-order chi connectivity index (χ1) is 23.1. The number of ether oxygens (including phenoxy) is 2. The number of carboxylic acid groups (broad SMARTS) is 1. The van der Waals surface area contributed by atoms with Gasteiger partial charge in [-0.25, -0.2) is 4.79 Å². The zero-order chi connectivity index (χ0) is 34.5. The van der Waals surface area contributed by atoms with Crippen molar-refractivity contribution in [2.45, 2.75) is 86.2 Å². The van der Waals surface area contributed by atoms with Crippen LogP contribution in [0.4, 0.5) is 0 Å². The first-order valence-electron chi connectivity index (χ1n) is 16.3. The fourth-order valence-electron chi connectivity index (χ4n) is 5.29. The van der Waals surface area contributed by atoms with E-state index in [0.717, 1.165) is 49.2 Å². The summed E-state index contributed by atoms with van der Waals surface area (Å²) in [6, 6.07) is 23.7. The summed E-state index contributed by atoms with van der Waals surface area (Å²) in [6.07, 6.45) is 6.25. The zero-order valence-electron chi connectivity index (χ0n) is 27.4. The molecule has 256 valence electrons. The van der Waals surface area contributed by atoms with Gasteiger partial charge in [0.15, 0.2) is 0 Å². The Bertz CT molecular complexity index is 1750. The van der Waals surface area contributed by atoms with E-state index in [1.807, 2.05) is 24.3 Å². The number of rotatable bonds is 19. The van der Waals surface area contributed by atoms with E-state index in [1.54, 1.807) is 48.5 Å². The smallest absolute Gasteiger partial charge is 0.335 e. The van der Waals surface area contributed by atoms with E-state index < -0.39 is 22.2 Å². The second-order valence-corrected chi connectivity index (χ2v) is 14.1. The quantitative estimate of drug-likeness (QED) is 0.0650. The highest BCUT2D eigenvalue weighted by molar-refractivity contribution is 8.00. The lowest BCUT2D eigenvalue weighted by Gasteiger charge is -2.19. The molecular weight excluding hydrogens is 649 g/mol. The molecule has 1 atom stereocenters. The van der Waals surface area contributed by atoms with E-state index >= 15 is 0 Å². The number of unbranched alkanes of at least 4 members (excludes halogenated alkanes) is 5. The summed E-state index contributed by atoms with van der Waals surface area (Å²) < 4.78 is 46.9. The third-order valence-corrected chi connectivity index (χ3v) is 9.95. The minimum atomic E-state index is -4.62. The molecule has 4 aromatic carbocycles. The van der Waals surface area contributed by atoms with Gasteiger partial charge in [0.05, 0.1) is 18.8 Å². The topological polar surface area (TPSA) is 130 Å². The van der Waals surface area contributed by atoms with Gasteiger partial charge in [-0.1, -0.05) is 94.1 Å². The summed E-state index contributed by atoms with van der Waals surface area (Å²) in [4.78, 5) is 12.8. The van der Waals surface area contributed by atoms with E-state index in [1.165, 1.54) is 30.3 Å². The Kier molecular flexibility index (Phi) is 14.1. The molecule has 0 saturated carbocycles. The minimum Gasteiger partial charge on any atom is -0.494 e. The third-order valence-electron chi connectivity index (χ3n) is 7.84. The maximum atomic E-state index is 12.6. The first-order valence-corrected chi connectivity index (χ1v) is 18.6. The molecule has 0 heterocycles. The summed E-state index contributed by atoms with van der Waals surface area (Å²) in [5.74, 6) is -0.401. The van der Waals surface area contributed by atoms with Crippen molar-refractivity contribution in [2.75, 3.05) is 13.2 Å². The molecule has 0 bridgehead atoms. The predicted molar refractivity (Wildman–Crippen MR) is 189 cm³/mol. The Morgan fingerprint density at radius 3 is 2.27 bits per heavy atom. The third kappa shape index (κ3) is 10.7. The van der Waals surface area contributed by atoms with Crippen LogP contribution >= 0.6 is 11.8 Å². The Labute approximate surface area is 287 Å². The lowest BCUT2D eigenvalue weighted by molar-refractivity contribution is 0.0696. The van der Waals surface area contributed by atoms with Gasteiger partial charge in [0, 0.05) is 16.4 Å². The van der Waals surface area contributed by atoms with E-state index in [-0.39, 0.29) is 17.1 Å². The highest BCUT2D eigenvalue weighted by atomic mass is 32.2. The molecule has 48 heavy (non-hydrogen) atoms. The van der Waals surface area contributed by atoms with Gasteiger partial charge in [-0.2, -0.15) is 8.42 Å². The number of benzene rings is 4.